The van der Waals surface area contributed by atoms with E-state index in [0.29, 0.717) is 44.2 Å². The fraction of sp³-hybridized carbons (Fsp3) is 0.571. The van der Waals surface area contributed by atoms with E-state index in [-0.39, 0.29) is 0 Å². The molecule has 2 rings (SSSR count). The van der Waals surface area contributed by atoms with Gasteiger partial charge in [-0.2, -0.15) is 13.2 Å². The Morgan fingerprint density at radius 1 is 1.25 bits per heavy atom. The third-order valence-electron chi connectivity index (χ3n) is 3.14. The van der Waals surface area contributed by atoms with Gasteiger partial charge in [0.1, 0.15) is 5.75 Å². The molecule has 0 aromatic heterocycles. The van der Waals surface area contributed by atoms with E-state index in [1.165, 1.54) is 12.1 Å². The van der Waals surface area contributed by atoms with Crippen LogP contribution in [-0.2, 0) is 6.18 Å². The van der Waals surface area contributed by atoms with Crippen LogP contribution in [0.3, 0.4) is 0 Å². The molecule has 1 aliphatic rings. The average Bonchev–Trinajstić information content (AvgIpc) is 2.45. The summed E-state index contributed by atoms with van der Waals surface area (Å²) < 4.78 is 44.1. The lowest BCUT2D eigenvalue weighted by molar-refractivity contribution is -0.137. The highest BCUT2D eigenvalue weighted by Gasteiger charge is 2.32. The number of anilines is 1. The molecule has 3 nitrogen and oxygen atoms in total. The Balaban J connectivity index is 2.31. The van der Waals surface area contributed by atoms with Crippen LogP contribution in [0.4, 0.5) is 18.9 Å². The molecule has 0 bridgehead atoms. The topological polar surface area (TPSA) is 26.6 Å². The quantitative estimate of drug-likeness (QED) is 0.851. The van der Waals surface area contributed by atoms with Crippen LogP contribution in [0.1, 0.15) is 18.9 Å². The maximum atomic E-state index is 12.8. The molecule has 1 aromatic carbocycles. The Kier molecular flexibility index (Phi) is 4.75. The minimum Gasteiger partial charge on any atom is -0.491 e. The molecular formula is C14H18F3N2O. The Hall–Kier alpha value is -1.43. The van der Waals surface area contributed by atoms with Gasteiger partial charge in [0.25, 0.3) is 0 Å². The molecule has 0 aliphatic carbocycles. The van der Waals surface area contributed by atoms with Crippen LogP contribution in [0, 0.1) is 0 Å². The van der Waals surface area contributed by atoms with E-state index in [1.54, 1.807) is 0 Å². The van der Waals surface area contributed by atoms with Crippen molar-refractivity contribution in [2.45, 2.75) is 19.5 Å². The first-order valence-corrected chi connectivity index (χ1v) is 6.74. The van der Waals surface area contributed by atoms with Crippen molar-refractivity contribution in [3.63, 3.8) is 0 Å². The lowest BCUT2D eigenvalue weighted by atomic mass is 10.1. The predicted octanol–water partition coefficient (Wildman–Crippen LogP) is 2.92. The summed E-state index contributed by atoms with van der Waals surface area (Å²) in [5.74, 6) is 0.516. The van der Waals surface area contributed by atoms with Crippen LogP contribution in [-0.4, -0.2) is 32.8 Å². The molecule has 0 saturated carbocycles. The second kappa shape index (κ2) is 6.35. The second-order valence-corrected chi connectivity index (χ2v) is 4.69. The summed E-state index contributed by atoms with van der Waals surface area (Å²) in [4.78, 5) is 1.91. The summed E-state index contributed by atoms with van der Waals surface area (Å²) in [6, 6.07) is 3.67. The van der Waals surface area contributed by atoms with Gasteiger partial charge < -0.3 is 9.64 Å². The number of alkyl halides is 3. The molecule has 1 heterocycles. The summed E-state index contributed by atoms with van der Waals surface area (Å²) in [6.07, 6.45) is -3.52. The second-order valence-electron chi connectivity index (χ2n) is 4.69. The van der Waals surface area contributed by atoms with Gasteiger partial charge in [-0.1, -0.05) is 6.92 Å². The maximum Gasteiger partial charge on any atom is 0.416 e. The largest absolute Gasteiger partial charge is 0.491 e. The van der Waals surface area contributed by atoms with E-state index in [4.69, 9.17) is 4.74 Å². The van der Waals surface area contributed by atoms with E-state index in [2.05, 4.69) is 5.32 Å². The maximum absolute atomic E-state index is 12.8. The zero-order valence-corrected chi connectivity index (χ0v) is 11.4. The van der Waals surface area contributed by atoms with Gasteiger partial charge >= 0.3 is 6.18 Å². The third kappa shape index (κ3) is 3.56. The van der Waals surface area contributed by atoms with E-state index < -0.39 is 11.7 Å². The molecule has 111 valence electrons. The van der Waals surface area contributed by atoms with E-state index in [9.17, 15) is 13.2 Å². The summed E-state index contributed by atoms with van der Waals surface area (Å²) in [7, 11) is 0. The number of nitrogens with zero attached hydrogens (tertiary/aromatic N) is 2. The van der Waals surface area contributed by atoms with Crippen molar-refractivity contribution in [2.24, 2.45) is 0 Å². The van der Waals surface area contributed by atoms with Gasteiger partial charge in [-0.25, -0.2) is 5.32 Å². The minimum atomic E-state index is -4.34. The first-order chi connectivity index (χ1) is 9.52. The third-order valence-corrected chi connectivity index (χ3v) is 3.14. The fourth-order valence-electron chi connectivity index (χ4n) is 2.12. The summed E-state index contributed by atoms with van der Waals surface area (Å²) in [5.41, 5.74) is -0.123. The van der Waals surface area contributed by atoms with Crippen LogP contribution in [0.5, 0.6) is 5.75 Å². The number of piperazine rings is 1. The Labute approximate surface area is 116 Å². The lowest BCUT2D eigenvalue weighted by Gasteiger charge is -2.30. The van der Waals surface area contributed by atoms with Gasteiger partial charge in [0.05, 0.1) is 17.9 Å². The molecule has 6 heteroatoms. The monoisotopic (exact) mass is 287 g/mol. The van der Waals surface area contributed by atoms with Crippen LogP contribution in [0.25, 0.3) is 0 Å². The fourth-order valence-corrected chi connectivity index (χ4v) is 2.12. The molecule has 0 spiro atoms. The SMILES string of the molecule is CCCOc1ccc(C(F)(F)F)cc1N1CC[N]CC1. The molecule has 20 heavy (non-hydrogen) atoms. The van der Waals surface area contributed by atoms with Crippen LogP contribution in [0.15, 0.2) is 18.2 Å². The van der Waals surface area contributed by atoms with Gasteiger partial charge in [-0.15, -0.1) is 0 Å². The number of hydrogen-bond acceptors (Lipinski definition) is 2. The van der Waals surface area contributed by atoms with E-state index >= 15 is 0 Å². The minimum absolute atomic E-state index is 0.497. The smallest absolute Gasteiger partial charge is 0.416 e. The first kappa shape index (κ1) is 15.0. The molecule has 0 amide bonds. The summed E-state index contributed by atoms with van der Waals surface area (Å²) in [6.45, 7) is 5.00. The molecule has 1 aliphatic heterocycles. The number of halogens is 3. The number of hydrogen-bond donors (Lipinski definition) is 0. The molecular weight excluding hydrogens is 269 g/mol. The Bertz CT molecular complexity index is 443. The van der Waals surface area contributed by atoms with E-state index in [0.717, 1.165) is 12.5 Å². The van der Waals surface area contributed by atoms with Gasteiger partial charge in [-0.05, 0) is 24.6 Å². The molecule has 1 radical (unpaired) electrons. The summed E-state index contributed by atoms with van der Waals surface area (Å²) in [5, 5.41) is 4.21. The van der Waals surface area contributed by atoms with Crippen molar-refractivity contribution in [1.29, 1.82) is 0 Å². The van der Waals surface area contributed by atoms with Gasteiger partial charge in [-0.3, -0.25) is 0 Å². The number of rotatable bonds is 4. The Morgan fingerprint density at radius 2 is 1.95 bits per heavy atom. The van der Waals surface area contributed by atoms with Crippen LogP contribution < -0.4 is 15.0 Å². The highest BCUT2D eigenvalue weighted by atomic mass is 19.4. The molecule has 0 unspecified atom stereocenters. The van der Waals surface area contributed by atoms with Gasteiger partial charge in [0.2, 0.25) is 0 Å². The molecule has 1 fully saturated rings. The molecule has 1 aromatic rings. The average molecular weight is 287 g/mol. The zero-order valence-electron chi connectivity index (χ0n) is 11.4. The van der Waals surface area contributed by atoms with Crippen LogP contribution >= 0.6 is 0 Å². The molecule has 0 N–H and O–H groups in total. The number of benzene rings is 1. The highest BCUT2D eigenvalue weighted by molar-refractivity contribution is 5.61. The van der Waals surface area contributed by atoms with Crippen molar-refractivity contribution in [2.75, 3.05) is 37.7 Å². The van der Waals surface area contributed by atoms with E-state index in [1.807, 2.05) is 11.8 Å². The molecule has 0 atom stereocenters. The van der Waals surface area contributed by atoms with Crippen molar-refractivity contribution < 1.29 is 17.9 Å². The lowest BCUT2D eigenvalue weighted by Crippen LogP contribution is -2.40. The van der Waals surface area contributed by atoms with Gasteiger partial charge in [0, 0.05) is 26.2 Å². The van der Waals surface area contributed by atoms with Crippen molar-refractivity contribution >= 4 is 5.69 Å². The zero-order chi connectivity index (χ0) is 14.6. The van der Waals surface area contributed by atoms with Crippen molar-refractivity contribution in [1.82, 2.24) is 5.32 Å². The highest BCUT2D eigenvalue weighted by Crippen LogP contribution is 2.37. The normalized spacial score (nSPS) is 16.3. The summed E-state index contributed by atoms with van der Waals surface area (Å²) >= 11 is 0. The standard InChI is InChI=1S/C14H18F3N2O/c1-2-9-20-13-4-3-11(14(15,16)17)10-12(13)19-7-5-18-6-8-19/h3-4,10H,2,5-9H2,1H3. The Morgan fingerprint density at radius 3 is 2.55 bits per heavy atom. The van der Waals surface area contributed by atoms with Crippen molar-refractivity contribution in [3.8, 4) is 5.75 Å². The first-order valence-electron chi connectivity index (χ1n) is 6.74. The van der Waals surface area contributed by atoms with Crippen molar-refractivity contribution in [3.05, 3.63) is 23.8 Å². The molecule has 1 saturated heterocycles. The number of ether oxygens (including phenoxy) is 1. The predicted molar refractivity (Wildman–Crippen MR) is 71.3 cm³/mol. The van der Waals surface area contributed by atoms with Gasteiger partial charge in [0.15, 0.2) is 0 Å². The van der Waals surface area contributed by atoms with Crippen LogP contribution in [0.2, 0.25) is 0 Å².